The Bertz CT molecular complexity index is 655. The summed E-state index contributed by atoms with van der Waals surface area (Å²) in [5.41, 5.74) is 2.20. The van der Waals surface area contributed by atoms with Crippen LogP contribution in [0.4, 0.5) is 0 Å². The number of para-hydroxylation sites is 2. The van der Waals surface area contributed by atoms with Gasteiger partial charge in [0.05, 0.1) is 17.6 Å². The van der Waals surface area contributed by atoms with Crippen LogP contribution >= 0.6 is 0 Å². The molecule has 0 atom stereocenters. The lowest BCUT2D eigenvalue weighted by molar-refractivity contribution is 0.633. The highest BCUT2D eigenvalue weighted by Gasteiger charge is 2.06. The predicted octanol–water partition coefficient (Wildman–Crippen LogP) is 1.02. The fraction of sp³-hybridized carbons (Fsp3) is 0.308. The van der Waals surface area contributed by atoms with Gasteiger partial charge in [-0.2, -0.15) is 5.10 Å². The van der Waals surface area contributed by atoms with Crippen LogP contribution in [0, 0.1) is 0 Å². The van der Waals surface area contributed by atoms with E-state index in [2.05, 4.69) is 36.1 Å². The van der Waals surface area contributed by atoms with Crippen LogP contribution in [0.15, 0.2) is 30.6 Å². The van der Waals surface area contributed by atoms with Crippen molar-refractivity contribution in [1.82, 2.24) is 30.0 Å². The van der Waals surface area contributed by atoms with Gasteiger partial charge in [-0.1, -0.05) is 12.1 Å². The number of hydrogen-bond acceptors (Lipinski definition) is 4. The van der Waals surface area contributed by atoms with Crippen molar-refractivity contribution < 1.29 is 0 Å². The van der Waals surface area contributed by atoms with Crippen molar-refractivity contribution in [1.29, 1.82) is 0 Å². The number of H-pyrrole nitrogens is 1. The first-order valence-electron chi connectivity index (χ1n) is 6.30. The number of rotatable bonds is 5. The third kappa shape index (κ3) is 2.48. The molecule has 6 nitrogen and oxygen atoms in total. The molecule has 0 saturated carbocycles. The third-order valence-corrected chi connectivity index (χ3v) is 3.17. The summed E-state index contributed by atoms with van der Waals surface area (Å²) < 4.78 is 2.12. The lowest BCUT2D eigenvalue weighted by Crippen LogP contribution is -2.19. The molecule has 3 aromatic rings. The Morgan fingerprint density at radius 2 is 2.21 bits per heavy atom. The maximum absolute atomic E-state index is 4.61. The van der Waals surface area contributed by atoms with E-state index in [9.17, 15) is 0 Å². The molecule has 19 heavy (non-hydrogen) atoms. The first-order chi connectivity index (χ1) is 9.34. The normalized spacial score (nSPS) is 11.2. The molecular formula is C13H16N6. The van der Waals surface area contributed by atoms with Crippen molar-refractivity contribution in [3.05, 3.63) is 42.2 Å². The Morgan fingerprint density at radius 1 is 1.32 bits per heavy atom. The Labute approximate surface area is 110 Å². The summed E-state index contributed by atoms with van der Waals surface area (Å²) in [6.45, 7) is 1.59. The largest absolute Gasteiger partial charge is 0.330 e. The van der Waals surface area contributed by atoms with Gasteiger partial charge in [-0.25, -0.2) is 9.97 Å². The van der Waals surface area contributed by atoms with E-state index >= 15 is 0 Å². The summed E-state index contributed by atoms with van der Waals surface area (Å²) in [5.74, 6) is 1.94. The number of fused-ring (bicyclic) bond motifs is 1. The topological polar surface area (TPSA) is 71.4 Å². The maximum Gasteiger partial charge on any atom is 0.137 e. The maximum atomic E-state index is 4.61. The molecule has 0 saturated heterocycles. The molecule has 6 heteroatoms. The first-order valence-corrected chi connectivity index (χ1v) is 6.30. The fourth-order valence-corrected chi connectivity index (χ4v) is 2.11. The summed E-state index contributed by atoms with van der Waals surface area (Å²) in [7, 11) is 2.04. The van der Waals surface area contributed by atoms with Crippen molar-refractivity contribution in [2.45, 2.75) is 13.0 Å². The molecule has 2 heterocycles. The number of aromatic nitrogens is 5. The van der Waals surface area contributed by atoms with E-state index in [1.165, 1.54) is 6.33 Å². The van der Waals surface area contributed by atoms with Gasteiger partial charge in [-0.05, 0) is 12.1 Å². The average molecular weight is 256 g/mol. The number of nitrogens with zero attached hydrogens (tertiary/aromatic N) is 4. The van der Waals surface area contributed by atoms with Gasteiger partial charge in [0.1, 0.15) is 18.0 Å². The first kappa shape index (κ1) is 11.9. The molecule has 0 aliphatic rings. The Balaban J connectivity index is 1.61. The molecule has 0 bridgehead atoms. The Morgan fingerprint density at radius 3 is 3.00 bits per heavy atom. The zero-order valence-corrected chi connectivity index (χ0v) is 10.8. The van der Waals surface area contributed by atoms with Crippen LogP contribution in [0.5, 0.6) is 0 Å². The quantitative estimate of drug-likeness (QED) is 0.669. The van der Waals surface area contributed by atoms with Gasteiger partial charge in [0.2, 0.25) is 0 Å². The Kier molecular flexibility index (Phi) is 3.24. The lowest BCUT2D eigenvalue weighted by Gasteiger charge is -2.04. The molecule has 0 unspecified atom stereocenters. The molecule has 1 aromatic carbocycles. The summed E-state index contributed by atoms with van der Waals surface area (Å²) in [6, 6.07) is 8.16. The average Bonchev–Trinajstić information content (AvgIpc) is 3.04. The monoisotopic (exact) mass is 256 g/mol. The van der Waals surface area contributed by atoms with Crippen molar-refractivity contribution in [3.8, 4) is 0 Å². The van der Waals surface area contributed by atoms with E-state index in [-0.39, 0.29) is 0 Å². The molecule has 98 valence electrons. The smallest absolute Gasteiger partial charge is 0.137 e. The number of benzene rings is 1. The van der Waals surface area contributed by atoms with Crippen LogP contribution in [-0.2, 0) is 20.0 Å². The van der Waals surface area contributed by atoms with Crippen molar-refractivity contribution in [3.63, 3.8) is 0 Å². The molecule has 0 spiro atoms. The number of imidazole rings is 1. The Hall–Kier alpha value is -2.21. The molecule has 2 aromatic heterocycles. The molecule has 0 aliphatic carbocycles. The van der Waals surface area contributed by atoms with Gasteiger partial charge in [-0.15, -0.1) is 0 Å². The number of aromatic amines is 1. The highest BCUT2D eigenvalue weighted by molar-refractivity contribution is 5.75. The van der Waals surface area contributed by atoms with Gasteiger partial charge < -0.3 is 9.88 Å². The SMILES string of the molecule is Cn1c(CNCCc2ncn[nH]2)nc2ccccc21. The van der Waals surface area contributed by atoms with E-state index < -0.39 is 0 Å². The van der Waals surface area contributed by atoms with Crippen molar-refractivity contribution in [2.24, 2.45) is 7.05 Å². The summed E-state index contributed by atoms with van der Waals surface area (Å²) in [4.78, 5) is 8.70. The van der Waals surface area contributed by atoms with E-state index in [1.807, 2.05) is 25.2 Å². The zero-order chi connectivity index (χ0) is 13.1. The number of nitrogens with one attached hydrogen (secondary N) is 2. The molecule has 0 aliphatic heterocycles. The van der Waals surface area contributed by atoms with Crippen molar-refractivity contribution >= 4 is 11.0 Å². The summed E-state index contributed by atoms with van der Waals surface area (Å²) in [5, 5.41) is 10.0. The van der Waals surface area contributed by atoms with Gasteiger partial charge in [-0.3, -0.25) is 5.10 Å². The summed E-state index contributed by atoms with van der Waals surface area (Å²) in [6.07, 6.45) is 2.37. The second kappa shape index (κ2) is 5.19. The van der Waals surface area contributed by atoms with Crippen LogP contribution in [0.1, 0.15) is 11.6 Å². The lowest BCUT2D eigenvalue weighted by atomic mass is 10.3. The third-order valence-electron chi connectivity index (χ3n) is 3.17. The van der Waals surface area contributed by atoms with E-state index in [4.69, 9.17) is 0 Å². The molecular weight excluding hydrogens is 240 g/mol. The predicted molar refractivity (Wildman–Crippen MR) is 72.5 cm³/mol. The highest BCUT2D eigenvalue weighted by atomic mass is 15.2. The second-order valence-electron chi connectivity index (χ2n) is 4.43. The van der Waals surface area contributed by atoms with Gasteiger partial charge in [0, 0.05) is 20.0 Å². The fourth-order valence-electron chi connectivity index (χ4n) is 2.11. The van der Waals surface area contributed by atoms with E-state index in [0.29, 0.717) is 0 Å². The molecule has 3 rings (SSSR count). The molecule has 0 amide bonds. The zero-order valence-electron chi connectivity index (χ0n) is 10.8. The van der Waals surface area contributed by atoms with E-state index in [1.54, 1.807) is 0 Å². The highest BCUT2D eigenvalue weighted by Crippen LogP contribution is 2.13. The van der Waals surface area contributed by atoms with Crippen LogP contribution in [-0.4, -0.2) is 31.3 Å². The van der Waals surface area contributed by atoms with Gasteiger partial charge >= 0.3 is 0 Å². The van der Waals surface area contributed by atoms with Crippen LogP contribution < -0.4 is 5.32 Å². The van der Waals surface area contributed by atoms with Gasteiger partial charge in [0.15, 0.2) is 0 Å². The minimum absolute atomic E-state index is 0.749. The van der Waals surface area contributed by atoms with Crippen LogP contribution in [0.25, 0.3) is 11.0 Å². The van der Waals surface area contributed by atoms with E-state index in [0.717, 1.165) is 42.2 Å². The standard InChI is InChI=1S/C13H16N6/c1-19-11-5-3-2-4-10(11)17-13(19)8-14-7-6-12-15-9-16-18-12/h2-5,9,14H,6-8H2,1H3,(H,15,16,18). The number of aryl methyl sites for hydroxylation is 1. The van der Waals surface area contributed by atoms with Crippen LogP contribution in [0.2, 0.25) is 0 Å². The summed E-state index contributed by atoms with van der Waals surface area (Å²) >= 11 is 0. The van der Waals surface area contributed by atoms with Crippen LogP contribution in [0.3, 0.4) is 0 Å². The number of hydrogen-bond donors (Lipinski definition) is 2. The minimum Gasteiger partial charge on any atom is -0.330 e. The van der Waals surface area contributed by atoms with Crippen molar-refractivity contribution in [2.75, 3.05) is 6.54 Å². The van der Waals surface area contributed by atoms with Gasteiger partial charge in [0.25, 0.3) is 0 Å². The molecule has 2 N–H and O–H groups in total. The minimum atomic E-state index is 0.749. The second-order valence-corrected chi connectivity index (χ2v) is 4.43. The molecule has 0 radical (unpaired) electrons. The molecule has 0 fully saturated rings.